The van der Waals surface area contributed by atoms with Gasteiger partial charge in [0.2, 0.25) is 0 Å². The fraction of sp³-hybridized carbons (Fsp3) is 0.846. The van der Waals surface area contributed by atoms with Crippen molar-refractivity contribution in [2.24, 2.45) is 0 Å². The average Bonchev–Trinajstić information content (AvgIpc) is 3.00. The molecular formula is C13H23N5O2S. The molecule has 1 saturated heterocycles. The van der Waals surface area contributed by atoms with Gasteiger partial charge in [-0.05, 0) is 25.7 Å². The van der Waals surface area contributed by atoms with Crippen LogP contribution < -0.4 is 0 Å². The minimum atomic E-state index is -3.40. The molecule has 0 aliphatic carbocycles. The van der Waals surface area contributed by atoms with E-state index in [9.17, 15) is 8.42 Å². The standard InChI is InChI=1S/C13H23N5O2S/c1-16(2)21(19,20)18-10-6-7-11(18)13-15-14-12-8-4-3-5-9-17(12)13/h11H,3-10H2,1-2H3. The van der Waals surface area contributed by atoms with E-state index in [1.165, 1.54) is 10.7 Å². The molecule has 21 heavy (non-hydrogen) atoms. The second-order valence-electron chi connectivity index (χ2n) is 6.00. The smallest absolute Gasteiger partial charge is 0.282 e. The van der Waals surface area contributed by atoms with Crippen LogP contribution in [0.25, 0.3) is 0 Å². The second-order valence-corrected chi connectivity index (χ2v) is 8.09. The third-order valence-electron chi connectivity index (χ3n) is 4.40. The molecule has 0 spiro atoms. The van der Waals surface area contributed by atoms with Crippen LogP contribution in [0.15, 0.2) is 0 Å². The van der Waals surface area contributed by atoms with Crippen molar-refractivity contribution in [3.05, 3.63) is 11.6 Å². The number of hydrogen-bond acceptors (Lipinski definition) is 4. The first-order valence-electron chi connectivity index (χ1n) is 7.63. The Kier molecular flexibility index (Phi) is 4.02. The number of hydrogen-bond donors (Lipinski definition) is 0. The maximum Gasteiger partial charge on any atom is 0.282 e. The van der Waals surface area contributed by atoms with Gasteiger partial charge in [0.25, 0.3) is 10.2 Å². The van der Waals surface area contributed by atoms with Gasteiger partial charge in [-0.2, -0.15) is 17.0 Å². The summed E-state index contributed by atoms with van der Waals surface area (Å²) in [4.78, 5) is 0. The summed E-state index contributed by atoms with van der Waals surface area (Å²) < 4.78 is 30.0. The fourth-order valence-corrected chi connectivity index (χ4v) is 4.54. The van der Waals surface area contributed by atoms with Crippen LogP contribution in [0.3, 0.4) is 0 Å². The molecule has 1 aromatic rings. The van der Waals surface area contributed by atoms with Crippen LogP contribution >= 0.6 is 0 Å². The van der Waals surface area contributed by atoms with Crippen LogP contribution in [-0.4, -0.2) is 52.4 Å². The molecule has 2 aliphatic heterocycles. The normalized spacial score (nSPS) is 24.2. The molecule has 2 aliphatic rings. The number of nitrogens with zero attached hydrogens (tertiary/aromatic N) is 5. The first-order valence-corrected chi connectivity index (χ1v) is 9.03. The number of rotatable bonds is 3. The van der Waals surface area contributed by atoms with Crippen LogP contribution in [-0.2, 0) is 23.2 Å². The number of fused-ring (bicyclic) bond motifs is 1. The van der Waals surface area contributed by atoms with Gasteiger partial charge in [0.1, 0.15) is 5.82 Å². The number of aromatic nitrogens is 3. The Hall–Kier alpha value is -0.990. The van der Waals surface area contributed by atoms with Gasteiger partial charge in [0.15, 0.2) is 5.82 Å². The highest BCUT2D eigenvalue weighted by Gasteiger charge is 2.39. The van der Waals surface area contributed by atoms with Crippen LogP contribution in [0.4, 0.5) is 0 Å². The van der Waals surface area contributed by atoms with Crippen LogP contribution in [0.2, 0.25) is 0 Å². The Morgan fingerprint density at radius 2 is 1.90 bits per heavy atom. The van der Waals surface area contributed by atoms with E-state index in [0.29, 0.717) is 6.54 Å². The zero-order valence-corrected chi connectivity index (χ0v) is 13.5. The van der Waals surface area contributed by atoms with E-state index in [1.54, 1.807) is 18.4 Å². The van der Waals surface area contributed by atoms with Crippen molar-refractivity contribution in [2.75, 3.05) is 20.6 Å². The van der Waals surface area contributed by atoms with E-state index in [4.69, 9.17) is 0 Å². The summed E-state index contributed by atoms with van der Waals surface area (Å²) in [6, 6.07) is -0.170. The first-order chi connectivity index (χ1) is 10.0. The molecule has 0 bridgehead atoms. The molecule has 0 amide bonds. The van der Waals surface area contributed by atoms with E-state index in [1.807, 2.05) is 0 Å². The summed E-state index contributed by atoms with van der Waals surface area (Å²) in [6.45, 7) is 1.47. The predicted octanol–water partition coefficient (Wildman–Crippen LogP) is 0.948. The minimum Gasteiger partial charge on any atom is -0.314 e. The minimum absolute atomic E-state index is 0.170. The maximum absolute atomic E-state index is 12.5. The molecule has 8 heteroatoms. The molecule has 0 aromatic carbocycles. The van der Waals surface area contributed by atoms with Crippen LogP contribution in [0, 0.1) is 0 Å². The molecule has 3 heterocycles. The summed E-state index contributed by atoms with van der Waals surface area (Å²) in [5.41, 5.74) is 0. The van der Waals surface area contributed by atoms with Gasteiger partial charge in [0, 0.05) is 33.6 Å². The first kappa shape index (κ1) is 14.9. The van der Waals surface area contributed by atoms with Gasteiger partial charge in [-0.15, -0.1) is 10.2 Å². The molecule has 0 saturated carbocycles. The third kappa shape index (κ3) is 2.60. The van der Waals surface area contributed by atoms with Gasteiger partial charge >= 0.3 is 0 Å². The predicted molar refractivity (Wildman–Crippen MR) is 78.9 cm³/mol. The third-order valence-corrected chi connectivity index (χ3v) is 6.35. The molecular weight excluding hydrogens is 290 g/mol. The highest BCUT2D eigenvalue weighted by atomic mass is 32.2. The molecule has 1 fully saturated rings. The van der Waals surface area contributed by atoms with Crippen LogP contribution in [0.1, 0.15) is 49.8 Å². The highest BCUT2D eigenvalue weighted by molar-refractivity contribution is 7.86. The van der Waals surface area contributed by atoms with Crippen molar-refractivity contribution in [1.29, 1.82) is 0 Å². The van der Waals surface area contributed by atoms with E-state index in [0.717, 1.165) is 50.3 Å². The molecule has 7 nitrogen and oxygen atoms in total. The van der Waals surface area contributed by atoms with Crippen molar-refractivity contribution in [1.82, 2.24) is 23.4 Å². The summed E-state index contributed by atoms with van der Waals surface area (Å²) in [6.07, 6.45) is 6.10. The van der Waals surface area contributed by atoms with Crippen molar-refractivity contribution in [3.8, 4) is 0 Å². The van der Waals surface area contributed by atoms with Crippen LogP contribution in [0.5, 0.6) is 0 Å². The summed E-state index contributed by atoms with van der Waals surface area (Å²) in [5.74, 6) is 1.84. The maximum atomic E-state index is 12.5. The van der Waals surface area contributed by atoms with Crippen molar-refractivity contribution < 1.29 is 8.42 Å². The van der Waals surface area contributed by atoms with Crippen molar-refractivity contribution >= 4 is 10.2 Å². The summed E-state index contributed by atoms with van der Waals surface area (Å²) in [7, 11) is -0.245. The lowest BCUT2D eigenvalue weighted by molar-refractivity contribution is 0.344. The SMILES string of the molecule is CN(C)S(=O)(=O)N1CCCC1c1nnc2n1CCCCC2. The molecule has 0 radical (unpaired) electrons. The molecule has 3 rings (SSSR count). The summed E-state index contributed by atoms with van der Waals surface area (Å²) >= 11 is 0. The molecule has 1 aromatic heterocycles. The number of aryl methyl sites for hydroxylation is 1. The van der Waals surface area contributed by atoms with E-state index in [-0.39, 0.29) is 6.04 Å². The average molecular weight is 313 g/mol. The zero-order valence-electron chi connectivity index (χ0n) is 12.7. The van der Waals surface area contributed by atoms with E-state index >= 15 is 0 Å². The monoisotopic (exact) mass is 313 g/mol. The van der Waals surface area contributed by atoms with Gasteiger partial charge in [-0.1, -0.05) is 6.42 Å². The van der Waals surface area contributed by atoms with Gasteiger partial charge in [0.05, 0.1) is 6.04 Å². The molecule has 1 unspecified atom stereocenters. The van der Waals surface area contributed by atoms with Gasteiger partial charge in [-0.3, -0.25) is 0 Å². The van der Waals surface area contributed by atoms with Gasteiger partial charge < -0.3 is 4.57 Å². The Bertz CT molecular complexity index is 610. The fourth-order valence-electron chi connectivity index (χ4n) is 3.24. The van der Waals surface area contributed by atoms with Crippen molar-refractivity contribution in [3.63, 3.8) is 0 Å². The van der Waals surface area contributed by atoms with E-state index < -0.39 is 10.2 Å². The van der Waals surface area contributed by atoms with Crippen molar-refractivity contribution in [2.45, 2.75) is 51.1 Å². The topological polar surface area (TPSA) is 71.3 Å². The molecule has 0 N–H and O–H groups in total. The molecule has 118 valence electrons. The van der Waals surface area contributed by atoms with E-state index in [2.05, 4.69) is 14.8 Å². The molecule has 1 atom stereocenters. The lowest BCUT2D eigenvalue weighted by atomic mass is 10.2. The quantitative estimate of drug-likeness (QED) is 0.833. The Labute approximate surface area is 126 Å². The van der Waals surface area contributed by atoms with Gasteiger partial charge in [-0.25, -0.2) is 0 Å². The highest BCUT2D eigenvalue weighted by Crippen LogP contribution is 2.34. The summed E-state index contributed by atoms with van der Waals surface area (Å²) in [5, 5.41) is 8.63. The largest absolute Gasteiger partial charge is 0.314 e. The lowest BCUT2D eigenvalue weighted by Gasteiger charge is -2.26. The lowest BCUT2D eigenvalue weighted by Crippen LogP contribution is -2.40. The Balaban J connectivity index is 1.95. The Morgan fingerprint density at radius 1 is 1.10 bits per heavy atom. The zero-order chi connectivity index (χ0) is 15.0. The Morgan fingerprint density at radius 3 is 2.67 bits per heavy atom. The second kappa shape index (κ2) is 5.66.